The summed E-state index contributed by atoms with van der Waals surface area (Å²) in [5.41, 5.74) is 4.57. The minimum absolute atomic E-state index is 0.0494. The lowest BCUT2D eigenvalue weighted by Crippen LogP contribution is -2.35. The van der Waals surface area contributed by atoms with E-state index in [1.165, 1.54) is 0 Å². The fraction of sp³-hybridized carbons (Fsp3) is 0.385. The Morgan fingerprint density at radius 2 is 1.85 bits per heavy atom. The molecule has 0 saturated heterocycles. The molecular weight excluding hydrogens is 268 g/mol. The second kappa shape index (κ2) is 6.83. The van der Waals surface area contributed by atoms with E-state index in [9.17, 15) is 18.4 Å². The molecule has 7 heteroatoms. The number of amides is 2. The van der Waals surface area contributed by atoms with E-state index >= 15 is 0 Å². The molecular formula is C13H17F2N3O2. The highest BCUT2D eigenvalue weighted by molar-refractivity contribution is 5.95. The van der Waals surface area contributed by atoms with Crippen molar-refractivity contribution in [3.63, 3.8) is 0 Å². The maximum atomic E-state index is 13.6. The van der Waals surface area contributed by atoms with Gasteiger partial charge in [-0.05, 0) is 26.0 Å². The van der Waals surface area contributed by atoms with Gasteiger partial charge in [0.05, 0.1) is 0 Å². The van der Waals surface area contributed by atoms with Crippen LogP contribution in [0.25, 0.3) is 0 Å². The molecule has 0 saturated carbocycles. The Morgan fingerprint density at radius 1 is 1.30 bits per heavy atom. The molecule has 0 fully saturated rings. The van der Waals surface area contributed by atoms with Crippen molar-refractivity contribution in [3.8, 4) is 0 Å². The van der Waals surface area contributed by atoms with Crippen molar-refractivity contribution in [2.24, 2.45) is 5.73 Å². The number of hydrogen-bond acceptors (Lipinski definition) is 3. The number of anilines is 1. The number of halogens is 2. The number of primary amides is 1. The van der Waals surface area contributed by atoms with Gasteiger partial charge in [-0.1, -0.05) is 0 Å². The largest absolute Gasteiger partial charge is 0.381 e. The van der Waals surface area contributed by atoms with Gasteiger partial charge in [0.1, 0.15) is 17.3 Å². The summed E-state index contributed by atoms with van der Waals surface area (Å²) in [5, 5.41) is 4.97. The molecule has 1 unspecified atom stereocenters. The number of nitrogens with one attached hydrogen (secondary N) is 2. The van der Waals surface area contributed by atoms with Crippen LogP contribution in [0.5, 0.6) is 0 Å². The Morgan fingerprint density at radius 3 is 2.30 bits per heavy atom. The summed E-state index contributed by atoms with van der Waals surface area (Å²) < 4.78 is 27.3. The second-order valence-electron chi connectivity index (χ2n) is 4.39. The van der Waals surface area contributed by atoms with E-state index in [4.69, 9.17) is 5.73 Å². The van der Waals surface area contributed by atoms with Crippen molar-refractivity contribution < 1.29 is 18.4 Å². The van der Waals surface area contributed by atoms with Crippen LogP contribution in [0.1, 0.15) is 30.6 Å². The van der Waals surface area contributed by atoms with E-state index in [2.05, 4.69) is 10.6 Å². The van der Waals surface area contributed by atoms with Crippen LogP contribution >= 0.6 is 0 Å². The molecule has 1 aromatic rings. The van der Waals surface area contributed by atoms with Crippen molar-refractivity contribution in [2.75, 3.05) is 11.9 Å². The molecule has 0 heterocycles. The summed E-state index contributed by atoms with van der Waals surface area (Å²) in [7, 11) is 0. The Bertz CT molecular complexity index is 497. The first-order chi connectivity index (χ1) is 9.35. The fourth-order valence-electron chi connectivity index (χ4n) is 1.71. The molecule has 0 radical (unpaired) electrons. The van der Waals surface area contributed by atoms with E-state index in [0.29, 0.717) is 6.54 Å². The summed E-state index contributed by atoms with van der Waals surface area (Å²) in [6.45, 7) is 3.63. The topological polar surface area (TPSA) is 84.2 Å². The Labute approximate surface area is 115 Å². The van der Waals surface area contributed by atoms with Gasteiger partial charge in [0.25, 0.3) is 5.91 Å². The van der Waals surface area contributed by atoms with Crippen LogP contribution in [-0.4, -0.2) is 24.4 Å². The Kier molecular flexibility index (Phi) is 5.42. The van der Waals surface area contributed by atoms with Crippen LogP contribution in [0, 0.1) is 11.6 Å². The normalized spacial score (nSPS) is 11.8. The standard InChI is InChI=1S/C13H17F2N3O2/c1-3-17-12-9(14)5-8(6-10(12)15)13(20)18-7(2)4-11(16)19/h5-7,17H,3-4H2,1-2H3,(H2,16,19)(H,18,20). The third kappa shape index (κ3) is 4.18. The van der Waals surface area contributed by atoms with Crippen molar-refractivity contribution in [3.05, 3.63) is 29.3 Å². The van der Waals surface area contributed by atoms with Crippen LogP contribution in [0.2, 0.25) is 0 Å². The molecule has 0 spiro atoms. The number of rotatable bonds is 6. The van der Waals surface area contributed by atoms with Crippen LogP contribution in [0.3, 0.4) is 0 Å². The number of hydrogen-bond donors (Lipinski definition) is 3. The molecule has 0 aromatic heterocycles. The van der Waals surface area contributed by atoms with Crippen LogP contribution in [0.15, 0.2) is 12.1 Å². The number of benzene rings is 1. The zero-order valence-electron chi connectivity index (χ0n) is 11.3. The molecule has 0 bridgehead atoms. The summed E-state index contributed by atoms with van der Waals surface area (Å²) in [4.78, 5) is 22.5. The minimum atomic E-state index is -0.848. The zero-order valence-corrected chi connectivity index (χ0v) is 11.3. The monoisotopic (exact) mass is 285 g/mol. The Balaban J connectivity index is 2.86. The van der Waals surface area contributed by atoms with Gasteiger partial charge in [0, 0.05) is 24.6 Å². The van der Waals surface area contributed by atoms with Gasteiger partial charge < -0.3 is 16.4 Å². The molecule has 2 amide bonds. The summed E-state index contributed by atoms with van der Waals surface area (Å²) in [6.07, 6.45) is -0.0494. The van der Waals surface area contributed by atoms with E-state index in [1.807, 2.05) is 0 Å². The van der Waals surface area contributed by atoms with Crippen molar-refractivity contribution >= 4 is 17.5 Å². The van der Waals surface area contributed by atoms with E-state index in [-0.39, 0.29) is 17.7 Å². The number of carbonyl (C=O) groups excluding carboxylic acids is 2. The van der Waals surface area contributed by atoms with Gasteiger partial charge in [-0.3, -0.25) is 9.59 Å². The third-order valence-electron chi connectivity index (χ3n) is 2.54. The van der Waals surface area contributed by atoms with Crippen LogP contribution < -0.4 is 16.4 Å². The van der Waals surface area contributed by atoms with Gasteiger partial charge in [-0.25, -0.2) is 8.78 Å². The first-order valence-electron chi connectivity index (χ1n) is 6.17. The molecule has 0 aliphatic rings. The van der Waals surface area contributed by atoms with E-state index < -0.39 is 29.5 Å². The first-order valence-corrected chi connectivity index (χ1v) is 6.17. The average Bonchev–Trinajstić information content (AvgIpc) is 2.32. The van der Waals surface area contributed by atoms with E-state index in [1.54, 1.807) is 13.8 Å². The highest BCUT2D eigenvalue weighted by Crippen LogP contribution is 2.20. The smallest absolute Gasteiger partial charge is 0.251 e. The maximum absolute atomic E-state index is 13.6. The zero-order chi connectivity index (χ0) is 15.3. The molecule has 4 N–H and O–H groups in total. The summed E-state index contributed by atoms with van der Waals surface area (Å²) in [5.74, 6) is -2.93. The first kappa shape index (κ1) is 15.9. The van der Waals surface area contributed by atoms with Crippen molar-refractivity contribution in [2.45, 2.75) is 26.3 Å². The predicted molar refractivity (Wildman–Crippen MR) is 71.3 cm³/mol. The average molecular weight is 285 g/mol. The lowest BCUT2D eigenvalue weighted by atomic mass is 10.1. The quantitative estimate of drug-likeness (QED) is 0.738. The maximum Gasteiger partial charge on any atom is 0.251 e. The van der Waals surface area contributed by atoms with Gasteiger partial charge >= 0.3 is 0 Å². The molecule has 1 aromatic carbocycles. The molecule has 1 rings (SSSR count). The predicted octanol–water partition coefficient (Wildman–Crippen LogP) is 1.39. The SMILES string of the molecule is CCNc1c(F)cc(C(=O)NC(C)CC(N)=O)cc1F. The van der Waals surface area contributed by atoms with Gasteiger partial charge in [-0.15, -0.1) is 0 Å². The van der Waals surface area contributed by atoms with Crippen LogP contribution in [-0.2, 0) is 4.79 Å². The molecule has 1 atom stereocenters. The van der Waals surface area contributed by atoms with Crippen LogP contribution in [0.4, 0.5) is 14.5 Å². The summed E-state index contributed by atoms with van der Waals surface area (Å²) >= 11 is 0. The number of nitrogens with two attached hydrogens (primary N) is 1. The molecule has 110 valence electrons. The molecule has 20 heavy (non-hydrogen) atoms. The lowest BCUT2D eigenvalue weighted by molar-refractivity contribution is -0.118. The molecule has 0 aliphatic carbocycles. The number of carbonyl (C=O) groups is 2. The summed E-state index contributed by atoms with van der Waals surface area (Å²) in [6, 6.07) is 1.36. The molecule has 0 aliphatic heterocycles. The van der Waals surface area contributed by atoms with Crippen molar-refractivity contribution in [1.29, 1.82) is 0 Å². The van der Waals surface area contributed by atoms with Gasteiger partial charge in [0.2, 0.25) is 5.91 Å². The molecule has 5 nitrogen and oxygen atoms in total. The highest BCUT2D eigenvalue weighted by atomic mass is 19.1. The Hall–Kier alpha value is -2.18. The minimum Gasteiger partial charge on any atom is -0.381 e. The van der Waals surface area contributed by atoms with E-state index in [0.717, 1.165) is 12.1 Å². The lowest BCUT2D eigenvalue weighted by Gasteiger charge is -2.13. The second-order valence-corrected chi connectivity index (χ2v) is 4.39. The van der Waals surface area contributed by atoms with Gasteiger partial charge in [-0.2, -0.15) is 0 Å². The third-order valence-corrected chi connectivity index (χ3v) is 2.54. The van der Waals surface area contributed by atoms with Crippen molar-refractivity contribution in [1.82, 2.24) is 5.32 Å². The highest BCUT2D eigenvalue weighted by Gasteiger charge is 2.16. The fourth-order valence-corrected chi connectivity index (χ4v) is 1.71. The van der Waals surface area contributed by atoms with Gasteiger partial charge in [0.15, 0.2) is 0 Å².